The molecule has 3 nitrogen and oxygen atoms in total. The highest BCUT2D eigenvalue weighted by molar-refractivity contribution is 7.88. The average molecular weight is 435 g/mol. The van der Waals surface area contributed by atoms with Crippen molar-refractivity contribution in [2.45, 2.75) is 73.0 Å². The third-order valence-electron chi connectivity index (χ3n) is 6.03. The van der Waals surface area contributed by atoms with Crippen molar-refractivity contribution in [3.63, 3.8) is 0 Å². The van der Waals surface area contributed by atoms with E-state index in [0.29, 0.717) is 24.2 Å². The van der Waals surface area contributed by atoms with Gasteiger partial charge in [-0.25, -0.2) is 0 Å². The number of hydrogen-bond acceptors (Lipinski definition) is 3. The number of aryl methyl sites for hydroxylation is 2. The molecule has 0 heterocycles. The zero-order valence-electron chi connectivity index (χ0n) is 17.3. The fraction of sp³-hybridized carbons (Fsp3) is 0.500. The molecule has 1 aliphatic rings. The van der Waals surface area contributed by atoms with Crippen LogP contribution in [0.25, 0.3) is 0 Å². The molecule has 0 saturated heterocycles. The van der Waals surface area contributed by atoms with Crippen molar-refractivity contribution >= 4 is 22.4 Å². The maximum atomic E-state index is 13.6. The molecule has 0 aliphatic heterocycles. The van der Waals surface area contributed by atoms with E-state index in [-0.39, 0.29) is 0 Å². The van der Waals surface area contributed by atoms with Gasteiger partial charge in [0.15, 0.2) is 4.21 Å². The summed E-state index contributed by atoms with van der Waals surface area (Å²) in [6.07, 6.45) is 6.24. The Morgan fingerprint density at radius 3 is 2.28 bits per heavy atom. The first-order chi connectivity index (χ1) is 13.9. The van der Waals surface area contributed by atoms with Gasteiger partial charge in [0.25, 0.3) is 0 Å². The molecule has 5 heteroatoms. The predicted molar refractivity (Wildman–Crippen MR) is 120 cm³/mol. The second-order valence-electron chi connectivity index (χ2n) is 8.10. The molecular formula is C24H31ClO3S. The lowest BCUT2D eigenvalue weighted by Crippen LogP contribution is -2.54. The summed E-state index contributed by atoms with van der Waals surface area (Å²) >= 11 is 7.13. The molecule has 3 rings (SSSR count). The number of aliphatic hydroxyl groups is 1. The molecule has 0 bridgehead atoms. The van der Waals surface area contributed by atoms with Crippen LogP contribution >= 0.6 is 11.6 Å². The van der Waals surface area contributed by atoms with Gasteiger partial charge in [-0.1, -0.05) is 49.1 Å². The number of methoxy groups -OCH3 is 1. The van der Waals surface area contributed by atoms with Crippen molar-refractivity contribution in [2.24, 2.45) is 0 Å². The summed E-state index contributed by atoms with van der Waals surface area (Å²) in [7, 11) is 0.155. The van der Waals surface area contributed by atoms with E-state index in [1.54, 1.807) is 7.11 Å². The lowest BCUT2D eigenvalue weighted by atomic mass is 9.80. The van der Waals surface area contributed by atoms with Crippen LogP contribution in [0.2, 0.25) is 0 Å². The van der Waals surface area contributed by atoms with E-state index in [9.17, 15) is 9.32 Å². The van der Waals surface area contributed by atoms with Crippen LogP contribution < -0.4 is 4.74 Å². The quantitative estimate of drug-likeness (QED) is 0.537. The molecule has 2 unspecified atom stereocenters. The monoisotopic (exact) mass is 434 g/mol. The van der Waals surface area contributed by atoms with E-state index in [0.717, 1.165) is 43.4 Å². The van der Waals surface area contributed by atoms with Gasteiger partial charge >= 0.3 is 0 Å². The van der Waals surface area contributed by atoms with Gasteiger partial charge in [-0.2, -0.15) is 0 Å². The fourth-order valence-corrected chi connectivity index (χ4v) is 6.39. The normalized spacial score (nSPS) is 19.3. The van der Waals surface area contributed by atoms with Gasteiger partial charge in [0.1, 0.15) is 5.75 Å². The van der Waals surface area contributed by atoms with Crippen LogP contribution in [0.4, 0.5) is 0 Å². The zero-order valence-corrected chi connectivity index (χ0v) is 18.9. The van der Waals surface area contributed by atoms with Crippen LogP contribution in [0.5, 0.6) is 5.75 Å². The van der Waals surface area contributed by atoms with Crippen molar-refractivity contribution in [2.75, 3.05) is 7.11 Å². The number of ether oxygens (including phenoxy) is 1. The fourth-order valence-electron chi connectivity index (χ4n) is 4.17. The first-order valence-corrected chi connectivity index (χ1v) is 11.9. The third-order valence-corrected chi connectivity index (χ3v) is 8.86. The van der Waals surface area contributed by atoms with Gasteiger partial charge in [-0.15, -0.1) is 11.6 Å². The number of rotatable bonds is 8. The zero-order chi connectivity index (χ0) is 20.9. The van der Waals surface area contributed by atoms with E-state index in [1.165, 1.54) is 5.56 Å². The molecule has 1 fully saturated rings. The van der Waals surface area contributed by atoms with Crippen molar-refractivity contribution in [1.82, 2.24) is 0 Å². The molecule has 0 spiro atoms. The third kappa shape index (κ3) is 5.04. The van der Waals surface area contributed by atoms with E-state index in [4.69, 9.17) is 16.3 Å². The lowest BCUT2D eigenvalue weighted by molar-refractivity contribution is -0.0131. The van der Waals surface area contributed by atoms with Crippen LogP contribution in [-0.2, 0) is 17.2 Å². The van der Waals surface area contributed by atoms with Gasteiger partial charge in [0.05, 0.1) is 23.5 Å². The minimum atomic E-state index is -1.50. The molecule has 1 aliphatic carbocycles. The van der Waals surface area contributed by atoms with Crippen LogP contribution in [0.3, 0.4) is 0 Å². The predicted octanol–water partition coefficient (Wildman–Crippen LogP) is 5.76. The summed E-state index contributed by atoms with van der Waals surface area (Å²) in [5.74, 6) is 0.831. The highest BCUT2D eigenvalue weighted by Gasteiger charge is 2.53. The van der Waals surface area contributed by atoms with Crippen LogP contribution in [-0.4, -0.2) is 26.2 Å². The van der Waals surface area contributed by atoms with Gasteiger partial charge in [-0.3, -0.25) is 4.21 Å². The Labute approximate surface area is 181 Å². The Bertz CT molecular complexity index is 813. The summed E-state index contributed by atoms with van der Waals surface area (Å²) < 4.78 is 17.6. The van der Waals surface area contributed by atoms with E-state index in [1.807, 2.05) is 55.5 Å². The molecule has 1 N–H and O–H groups in total. The topological polar surface area (TPSA) is 46.5 Å². The second kappa shape index (κ2) is 9.63. The average Bonchev–Trinajstić information content (AvgIpc) is 2.74. The van der Waals surface area contributed by atoms with E-state index in [2.05, 4.69) is 0 Å². The molecule has 1 saturated carbocycles. The van der Waals surface area contributed by atoms with Gasteiger partial charge in [0, 0.05) is 4.90 Å². The SMILES string of the molecule is COc1ccc(CCCC(Cl)(S(=O)c2ccc(C)cc2)C2(O)CCCCC2)cc1. The van der Waals surface area contributed by atoms with Crippen LogP contribution in [0, 0.1) is 6.92 Å². The number of benzene rings is 2. The van der Waals surface area contributed by atoms with E-state index < -0.39 is 20.6 Å². The smallest absolute Gasteiger partial charge is 0.152 e. The van der Waals surface area contributed by atoms with Crippen LogP contribution in [0.15, 0.2) is 53.4 Å². The second-order valence-corrected chi connectivity index (χ2v) is 10.7. The maximum absolute atomic E-state index is 13.6. The Balaban J connectivity index is 1.80. The van der Waals surface area contributed by atoms with Crippen LogP contribution in [0.1, 0.15) is 56.1 Å². The molecule has 2 atom stereocenters. The molecule has 0 radical (unpaired) electrons. The van der Waals surface area contributed by atoms with Crippen molar-refractivity contribution in [3.8, 4) is 5.75 Å². The number of hydrogen-bond donors (Lipinski definition) is 1. The first-order valence-electron chi connectivity index (χ1n) is 10.4. The van der Waals surface area contributed by atoms with Gasteiger partial charge in [0.2, 0.25) is 0 Å². The Morgan fingerprint density at radius 1 is 1.07 bits per heavy atom. The molecule has 158 valence electrons. The molecule has 29 heavy (non-hydrogen) atoms. The minimum Gasteiger partial charge on any atom is -0.497 e. The lowest BCUT2D eigenvalue weighted by Gasteiger charge is -2.44. The first kappa shape index (κ1) is 22.3. The molecule has 2 aromatic carbocycles. The van der Waals surface area contributed by atoms with Crippen molar-refractivity contribution < 1.29 is 14.1 Å². The Hall–Kier alpha value is -1.36. The standard InChI is InChI=1S/C24H31ClO3S/c1-19-8-14-22(15-9-19)29(27)24(25,23(26)16-4-3-5-17-23)18-6-7-20-10-12-21(28-2)13-11-20/h8-15,26H,3-7,16-18H2,1-2H3. The van der Waals surface area contributed by atoms with Crippen molar-refractivity contribution in [3.05, 3.63) is 59.7 Å². The number of halogens is 1. The molecule has 2 aromatic rings. The Morgan fingerprint density at radius 2 is 1.69 bits per heavy atom. The van der Waals surface area contributed by atoms with Gasteiger partial charge < -0.3 is 9.84 Å². The minimum absolute atomic E-state index is 0.498. The maximum Gasteiger partial charge on any atom is 0.152 e. The highest BCUT2D eigenvalue weighted by Crippen LogP contribution is 2.47. The summed E-state index contributed by atoms with van der Waals surface area (Å²) in [5, 5.41) is 11.5. The summed E-state index contributed by atoms with van der Waals surface area (Å²) in [4.78, 5) is 0.689. The Kier molecular flexibility index (Phi) is 7.42. The summed E-state index contributed by atoms with van der Waals surface area (Å²) in [6, 6.07) is 15.6. The largest absolute Gasteiger partial charge is 0.497 e. The number of alkyl halides is 1. The van der Waals surface area contributed by atoms with Crippen molar-refractivity contribution in [1.29, 1.82) is 0 Å². The summed E-state index contributed by atoms with van der Waals surface area (Å²) in [5.41, 5.74) is 1.19. The van der Waals surface area contributed by atoms with Gasteiger partial charge in [-0.05, 0) is 68.9 Å². The molecule has 0 amide bonds. The molecule has 0 aromatic heterocycles. The molecular weight excluding hydrogens is 404 g/mol. The summed E-state index contributed by atoms with van der Waals surface area (Å²) in [6.45, 7) is 2.00. The van der Waals surface area contributed by atoms with E-state index >= 15 is 0 Å². The highest BCUT2D eigenvalue weighted by atomic mass is 35.5.